The fraction of sp³-hybridized carbons (Fsp3) is 0.364. The molecule has 3 N–H and O–H groups in total. The van der Waals surface area contributed by atoms with Crippen molar-refractivity contribution in [1.82, 2.24) is 0 Å². The van der Waals surface area contributed by atoms with E-state index in [4.69, 9.17) is 10.8 Å². The SMILES string of the molecule is CCN(CC(N)=O)c1ccc(CO)c(Br)c1. The lowest BCUT2D eigenvalue weighted by molar-refractivity contribution is -0.116. The minimum absolute atomic E-state index is 0.0111. The Hall–Kier alpha value is -1.07. The minimum atomic E-state index is -0.357. The first kappa shape index (κ1) is 13.0. The van der Waals surface area contributed by atoms with Crippen LogP contribution in [0.15, 0.2) is 22.7 Å². The highest BCUT2D eigenvalue weighted by Gasteiger charge is 2.09. The maximum absolute atomic E-state index is 10.9. The molecule has 0 fully saturated rings. The lowest BCUT2D eigenvalue weighted by Gasteiger charge is -2.22. The number of aliphatic hydroxyl groups is 1. The number of halogens is 1. The summed E-state index contributed by atoms with van der Waals surface area (Å²) in [6, 6.07) is 5.56. The Morgan fingerprint density at radius 1 is 1.56 bits per heavy atom. The number of benzene rings is 1. The Morgan fingerprint density at radius 3 is 2.69 bits per heavy atom. The average Bonchev–Trinajstić information content (AvgIpc) is 2.25. The van der Waals surface area contributed by atoms with E-state index in [1.54, 1.807) is 0 Å². The van der Waals surface area contributed by atoms with Gasteiger partial charge in [0.05, 0.1) is 13.2 Å². The van der Waals surface area contributed by atoms with Gasteiger partial charge in [0.2, 0.25) is 5.91 Å². The quantitative estimate of drug-likeness (QED) is 0.856. The molecule has 0 aliphatic heterocycles. The molecule has 0 radical (unpaired) electrons. The highest BCUT2D eigenvalue weighted by molar-refractivity contribution is 9.10. The van der Waals surface area contributed by atoms with Gasteiger partial charge in [-0.1, -0.05) is 22.0 Å². The highest BCUT2D eigenvalue weighted by Crippen LogP contribution is 2.24. The molecule has 0 heterocycles. The van der Waals surface area contributed by atoms with Gasteiger partial charge in [0.1, 0.15) is 0 Å². The third-order valence-electron chi connectivity index (χ3n) is 2.30. The molecular formula is C11H15BrN2O2. The molecule has 0 saturated carbocycles. The van der Waals surface area contributed by atoms with Gasteiger partial charge in [-0.05, 0) is 24.6 Å². The fourth-order valence-electron chi connectivity index (χ4n) is 1.43. The number of anilines is 1. The van der Waals surface area contributed by atoms with Gasteiger partial charge in [0.25, 0.3) is 0 Å². The Morgan fingerprint density at radius 2 is 2.25 bits per heavy atom. The number of hydrogen-bond donors (Lipinski definition) is 2. The monoisotopic (exact) mass is 286 g/mol. The molecule has 4 nitrogen and oxygen atoms in total. The molecule has 1 aromatic rings. The first-order valence-corrected chi connectivity index (χ1v) is 5.80. The topological polar surface area (TPSA) is 66.6 Å². The van der Waals surface area contributed by atoms with Crippen molar-refractivity contribution in [3.8, 4) is 0 Å². The van der Waals surface area contributed by atoms with Crippen molar-refractivity contribution in [3.05, 3.63) is 28.2 Å². The Kier molecular flexibility index (Phi) is 4.76. The molecule has 0 spiro atoms. The predicted molar refractivity (Wildman–Crippen MR) is 67.1 cm³/mol. The average molecular weight is 287 g/mol. The van der Waals surface area contributed by atoms with Crippen molar-refractivity contribution >= 4 is 27.5 Å². The molecule has 16 heavy (non-hydrogen) atoms. The fourth-order valence-corrected chi connectivity index (χ4v) is 1.93. The van der Waals surface area contributed by atoms with Crippen LogP contribution in [0.2, 0.25) is 0 Å². The van der Waals surface area contributed by atoms with Crippen molar-refractivity contribution in [2.45, 2.75) is 13.5 Å². The van der Waals surface area contributed by atoms with Crippen molar-refractivity contribution in [2.24, 2.45) is 5.73 Å². The molecule has 0 aliphatic rings. The van der Waals surface area contributed by atoms with Gasteiger partial charge in [0, 0.05) is 16.7 Å². The summed E-state index contributed by atoms with van der Waals surface area (Å²) >= 11 is 3.37. The van der Waals surface area contributed by atoms with Gasteiger partial charge in [-0.25, -0.2) is 0 Å². The summed E-state index contributed by atoms with van der Waals surface area (Å²) in [5.41, 5.74) is 6.89. The highest BCUT2D eigenvalue weighted by atomic mass is 79.9. The molecule has 1 aromatic carbocycles. The molecule has 1 rings (SSSR count). The number of rotatable bonds is 5. The number of nitrogens with zero attached hydrogens (tertiary/aromatic N) is 1. The summed E-state index contributed by atoms with van der Waals surface area (Å²) < 4.78 is 0.829. The van der Waals surface area contributed by atoms with Gasteiger partial charge in [0.15, 0.2) is 0 Å². The van der Waals surface area contributed by atoms with Crippen LogP contribution in [0.5, 0.6) is 0 Å². The number of carbonyl (C=O) groups excluding carboxylic acids is 1. The van der Waals surface area contributed by atoms with Crippen LogP contribution in [0.25, 0.3) is 0 Å². The first-order valence-electron chi connectivity index (χ1n) is 5.01. The van der Waals surface area contributed by atoms with E-state index in [9.17, 15) is 4.79 Å². The maximum atomic E-state index is 10.9. The third kappa shape index (κ3) is 3.21. The van der Waals surface area contributed by atoms with Crippen LogP contribution < -0.4 is 10.6 Å². The summed E-state index contributed by atoms with van der Waals surface area (Å²) in [7, 11) is 0. The largest absolute Gasteiger partial charge is 0.392 e. The number of amides is 1. The van der Waals surface area contributed by atoms with E-state index < -0.39 is 0 Å². The summed E-state index contributed by atoms with van der Waals surface area (Å²) in [4.78, 5) is 12.7. The molecule has 88 valence electrons. The molecule has 0 unspecified atom stereocenters. The maximum Gasteiger partial charge on any atom is 0.236 e. The van der Waals surface area contributed by atoms with E-state index in [1.165, 1.54) is 0 Å². The number of primary amides is 1. The molecule has 0 saturated heterocycles. The van der Waals surface area contributed by atoms with Crippen molar-refractivity contribution in [3.63, 3.8) is 0 Å². The standard InChI is InChI=1S/C11H15BrN2O2/c1-2-14(6-11(13)16)9-4-3-8(7-15)10(12)5-9/h3-5,15H,2,6-7H2,1H3,(H2,13,16). The van der Waals surface area contributed by atoms with Crippen LogP contribution in [0, 0.1) is 0 Å². The van der Waals surface area contributed by atoms with E-state index in [1.807, 2.05) is 30.0 Å². The van der Waals surface area contributed by atoms with Crippen LogP contribution in [-0.4, -0.2) is 24.1 Å². The molecule has 0 aliphatic carbocycles. The van der Waals surface area contributed by atoms with E-state index in [2.05, 4.69) is 15.9 Å². The van der Waals surface area contributed by atoms with Gasteiger partial charge in [-0.2, -0.15) is 0 Å². The molecule has 0 bridgehead atoms. The molecular weight excluding hydrogens is 272 g/mol. The van der Waals surface area contributed by atoms with Crippen LogP contribution in [0.4, 0.5) is 5.69 Å². The minimum Gasteiger partial charge on any atom is -0.392 e. The van der Waals surface area contributed by atoms with E-state index >= 15 is 0 Å². The zero-order chi connectivity index (χ0) is 12.1. The number of likely N-dealkylation sites (N-methyl/N-ethyl adjacent to an activating group) is 1. The van der Waals surface area contributed by atoms with Crippen LogP contribution in [0.1, 0.15) is 12.5 Å². The normalized spacial score (nSPS) is 10.2. The zero-order valence-electron chi connectivity index (χ0n) is 9.11. The Balaban J connectivity index is 2.93. The third-order valence-corrected chi connectivity index (χ3v) is 3.04. The van der Waals surface area contributed by atoms with Gasteiger partial charge in [-0.3, -0.25) is 4.79 Å². The molecule has 1 amide bonds. The second-order valence-corrected chi connectivity index (χ2v) is 4.27. The van der Waals surface area contributed by atoms with Crippen LogP contribution >= 0.6 is 15.9 Å². The number of carbonyl (C=O) groups is 1. The first-order chi connectivity index (χ1) is 7.58. The molecule has 5 heteroatoms. The van der Waals surface area contributed by atoms with Crippen LogP contribution in [-0.2, 0) is 11.4 Å². The molecule has 0 aromatic heterocycles. The van der Waals surface area contributed by atoms with Crippen LogP contribution in [0.3, 0.4) is 0 Å². The molecule has 0 atom stereocenters. The van der Waals surface area contributed by atoms with E-state index in [-0.39, 0.29) is 19.1 Å². The summed E-state index contributed by atoms with van der Waals surface area (Å²) in [5, 5.41) is 9.03. The number of aliphatic hydroxyl groups excluding tert-OH is 1. The van der Waals surface area contributed by atoms with Crippen molar-refractivity contribution in [1.29, 1.82) is 0 Å². The number of hydrogen-bond acceptors (Lipinski definition) is 3. The van der Waals surface area contributed by atoms with Crippen molar-refractivity contribution in [2.75, 3.05) is 18.0 Å². The van der Waals surface area contributed by atoms with Gasteiger partial charge >= 0.3 is 0 Å². The smallest absolute Gasteiger partial charge is 0.236 e. The predicted octanol–water partition coefficient (Wildman–Crippen LogP) is 1.25. The Bertz CT molecular complexity index is 382. The summed E-state index contributed by atoms with van der Waals surface area (Å²) in [6.07, 6.45) is 0. The summed E-state index contributed by atoms with van der Waals surface area (Å²) in [5.74, 6) is -0.357. The Labute approximate surface area is 103 Å². The second kappa shape index (κ2) is 5.86. The van der Waals surface area contributed by atoms with E-state index in [0.717, 1.165) is 15.7 Å². The second-order valence-electron chi connectivity index (χ2n) is 3.41. The lowest BCUT2D eigenvalue weighted by atomic mass is 10.2. The summed E-state index contributed by atoms with van der Waals surface area (Å²) in [6.45, 7) is 2.84. The zero-order valence-corrected chi connectivity index (χ0v) is 10.7. The number of nitrogens with two attached hydrogens (primary N) is 1. The van der Waals surface area contributed by atoms with E-state index in [0.29, 0.717) is 6.54 Å². The van der Waals surface area contributed by atoms with Gasteiger partial charge in [-0.15, -0.1) is 0 Å². The van der Waals surface area contributed by atoms with Gasteiger partial charge < -0.3 is 15.7 Å². The lowest BCUT2D eigenvalue weighted by Crippen LogP contribution is -2.33. The van der Waals surface area contributed by atoms with Crippen molar-refractivity contribution < 1.29 is 9.90 Å².